The second-order valence-electron chi connectivity index (χ2n) is 3.47. The lowest BCUT2D eigenvalue weighted by atomic mass is 10.1. The fourth-order valence-electron chi connectivity index (χ4n) is 1.53. The topological polar surface area (TPSA) is 17.8 Å². The average Bonchev–Trinajstić information content (AvgIpc) is 2.64. The van der Waals surface area contributed by atoms with Crippen LogP contribution in [0.15, 0.2) is 36.5 Å². The molecule has 0 spiro atoms. The fourth-order valence-corrected chi connectivity index (χ4v) is 1.76. The van der Waals surface area contributed by atoms with Crippen LogP contribution in [-0.4, -0.2) is 16.0 Å². The Morgan fingerprint density at radius 1 is 1.18 bits per heavy atom. The van der Waals surface area contributed by atoms with E-state index in [2.05, 4.69) is 5.10 Å². The minimum absolute atomic E-state index is 0.355. The molecule has 1 aromatic carbocycles. The number of nitrogens with zero attached hydrogens (tertiary/aromatic N) is 2. The van der Waals surface area contributed by atoms with Crippen LogP contribution in [-0.2, 0) is 6.54 Å². The van der Waals surface area contributed by atoms with Crippen LogP contribution in [0.4, 0.5) is 13.2 Å². The summed E-state index contributed by atoms with van der Waals surface area (Å²) in [5, 5.41) is 4.06. The van der Waals surface area contributed by atoms with Gasteiger partial charge in [-0.15, -0.1) is 0 Å². The van der Waals surface area contributed by atoms with Gasteiger partial charge in [0.25, 0.3) is 0 Å². The van der Waals surface area contributed by atoms with Crippen LogP contribution in [0, 0.1) is 0 Å². The van der Waals surface area contributed by atoms with E-state index in [9.17, 15) is 13.2 Å². The Labute approximate surface area is 101 Å². The molecule has 2 aromatic rings. The molecule has 2 rings (SSSR count). The summed E-state index contributed by atoms with van der Waals surface area (Å²) in [5.74, 6) is 0. The van der Waals surface area contributed by atoms with Crippen molar-refractivity contribution >= 4 is 11.6 Å². The molecule has 0 saturated carbocycles. The smallest absolute Gasteiger partial charge is 0.256 e. The molecule has 0 aliphatic carbocycles. The summed E-state index contributed by atoms with van der Waals surface area (Å²) in [7, 11) is 0. The maximum Gasteiger partial charge on any atom is 0.408 e. The van der Waals surface area contributed by atoms with E-state index >= 15 is 0 Å². The highest BCUT2D eigenvalue weighted by atomic mass is 35.5. The number of alkyl halides is 3. The maximum absolute atomic E-state index is 12.3. The third-order valence-electron chi connectivity index (χ3n) is 2.20. The number of benzene rings is 1. The van der Waals surface area contributed by atoms with Crippen LogP contribution in [0.2, 0.25) is 5.02 Å². The zero-order chi connectivity index (χ0) is 12.5. The molecule has 0 fully saturated rings. The van der Waals surface area contributed by atoms with Gasteiger partial charge in [-0.05, 0) is 12.1 Å². The summed E-state index contributed by atoms with van der Waals surface area (Å²) in [6.07, 6.45) is -2.98. The van der Waals surface area contributed by atoms with E-state index in [-0.39, 0.29) is 0 Å². The third-order valence-corrected chi connectivity index (χ3v) is 2.52. The summed E-state index contributed by atoms with van der Waals surface area (Å²) in [5.41, 5.74) is 0.892. The first-order chi connectivity index (χ1) is 7.97. The van der Waals surface area contributed by atoms with Gasteiger partial charge in [-0.1, -0.05) is 29.8 Å². The van der Waals surface area contributed by atoms with Crippen LogP contribution < -0.4 is 0 Å². The Balaban J connectivity index is 2.41. The van der Waals surface area contributed by atoms with E-state index in [0.717, 1.165) is 4.68 Å². The van der Waals surface area contributed by atoms with Crippen LogP contribution in [0.25, 0.3) is 11.3 Å². The lowest BCUT2D eigenvalue weighted by Crippen LogP contribution is -2.19. The third kappa shape index (κ3) is 2.79. The lowest BCUT2D eigenvalue weighted by Gasteiger charge is -2.11. The molecule has 0 N–H and O–H groups in total. The van der Waals surface area contributed by atoms with E-state index in [4.69, 9.17) is 11.6 Å². The van der Waals surface area contributed by atoms with Crippen molar-refractivity contribution < 1.29 is 13.2 Å². The first kappa shape index (κ1) is 12.0. The Morgan fingerprint density at radius 3 is 2.53 bits per heavy atom. The van der Waals surface area contributed by atoms with Gasteiger partial charge in [0.15, 0.2) is 0 Å². The highest BCUT2D eigenvalue weighted by Crippen LogP contribution is 2.28. The van der Waals surface area contributed by atoms with Gasteiger partial charge in [0.2, 0.25) is 0 Å². The van der Waals surface area contributed by atoms with Gasteiger partial charge < -0.3 is 0 Å². The fraction of sp³-hybridized carbons (Fsp3) is 0.182. The molecule has 1 heterocycles. The summed E-state index contributed by atoms with van der Waals surface area (Å²) in [4.78, 5) is 0. The molecule has 0 bridgehead atoms. The van der Waals surface area contributed by atoms with Gasteiger partial charge in [-0.2, -0.15) is 18.3 Å². The predicted molar refractivity (Wildman–Crippen MR) is 58.7 cm³/mol. The molecule has 90 valence electrons. The molecule has 0 atom stereocenters. The quantitative estimate of drug-likeness (QED) is 0.804. The van der Waals surface area contributed by atoms with Gasteiger partial charge in [-0.3, -0.25) is 4.68 Å². The van der Waals surface area contributed by atoms with E-state index in [1.165, 1.54) is 12.3 Å². The van der Waals surface area contributed by atoms with Crippen molar-refractivity contribution in [1.29, 1.82) is 0 Å². The molecule has 0 amide bonds. The van der Waals surface area contributed by atoms with Gasteiger partial charge in [0.05, 0.1) is 5.69 Å². The molecule has 6 heteroatoms. The molecule has 1 aromatic heterocycles. The van der Waals surface area contributed by atoms with Crippen molar-refractivity contribution in [3.8, 4) is 11.3 Å². The highest BCUT2D eigenvalue weighted by molar-refractivity contribution is 6.33. The molecular weight excluding hydrogens is 253 g/mol. The number of hydrogen-bond acceptors (Lipinski definition) is 1. The van der Waals surface area contributed by atoms with Gasteiger partial charge in [-0.25, -0.2) is 0 Å². The summed E-state index contributed by atoms with van der Waals surface area (Å²) in [6, 6.07) is 8.23. The minimum Gasteiger partial charge on any atom is -0.256 e. The SMILES string of the molecule is FC(F)(F)Cn1nccc1-c1ccccc1Cl. The largest absolute Gasteiger partial charge is 0.408 e. The molecule has 2 nitrogen and oxygen atoms in total. The molecule has 0 saturated heterocycles. The first-order valence-corrected chi connectivity index (χ1v) is 5.18. The summed E-state index contributed by atoms with van der Waals surface area (Å²) >= 11 is 5.94. The molecule has 0 radical (unpaired) electrons. The molecule has 0 aliphatic rings. The Hall–Kier alpha value is -1.49. The van der Waals surface area contributed by atoms with E-state index in [1.807, 2.05) is 0 Å². The number of aromatic nitrogens is 2. The molecule has 17 heavy (non-hydrogen) atoms. The van der Waals surface area contributed by atoms with E-state index in [0.29, 0.717) is 16.3 Å². The number of halogens is 4. The first-order valence-electron chi connectivity index (χ1n) is 4.81. The second-order valence-corrected chi connectivity index (χ2v) is 3.88. The number of rotatable bonds is 2. The van der Waals surface area contributed by atoms with Crippen LogP contribution in [0.5, 0.6) is 0 Å². The van der Waals surface area contributed by atoms with Crippen LogP contribution in [0.3, 0.4) is 0 Å². The molecular formula is C11H8ClF3N2. The zero-order valence-corrected chi connectivity index (χ0v) is 9.33. The minimum atomic E-state index is -4.30. The van der Waals surface area contributed by atoms with Crippen molar-refractivity contribution in [1.82, 2.24) is 9.78 Å². The van der Waals surface area contributed by atoms with Gasteiger partial charge >= 0.3 is 6.18 Å². The lowest BCUT2D eigenvalue weighted by molar-refractivity contribution is -0.142. The standard InChI is InChI=1S/C11H8ClF3N2/c12-9-4-2-1-3-8(9)10-5-6-16-17(10)7-11(13,14)15/h1-6H,7H2. The van der Waals surface area contributed by atoms with Crippen molar-refractivity contribution in [2.75, 3.05) is 0 Å². The zero-order valence-electron chi connectivity index (χ0n) is 8.58. The van der Waals surface area contributed by atoms with E-state index in [1.54, 1.807) is 24.3 Å². The van der Waals surface area contributed by atoms with Crippen molar-refractivity contribution in [3.05, 3.63) is 41.6 Å². The van der Waals surface area contributed by atoms with Crippen molar-refractivity contribution in [2.24, 2.45) is 0 Å². The van der Waals surface area contributed by atoms with Crippen molar-refractivity contribution in [2.45, 2.75) is 12.7 Å². The van der Waals surface area contributed by atoms with Crippen molar-refractivity contribution in [3.63, 3.8) is 0 Å². The molecule has 0 aliphatic heterocycles. The van der Waals surface area contributed by atoms with Gasteiger partial charge in [0.1, 0.15) is 6.54 Å². The Kier molecular flexibility index (Phi) is 3.11. The Morgan fingerprint density at radius 2 is 1.88 bits per heavy atom. The molecule has 0 unspecified atom stereocenters. The average molecular weight is 261 g/mol. The normalized spacial score (nSPS) is 11.8. The van der Waals surface area contributed by atoms with Gasteiger partial charge in [0, 0.05) is 16.8 Å². The predicted octanol–water partition coefficient (Wildman–Crippen LogP) is 3.77. The monoisotopic (exact) mass is 260 g/mol. The number of hydrogen-bond donors (Lipinski definition) is 0. The summed E-state index contributed by atoms with van der Waals surface area (Å²) < 4.78 is 37.9. The van der Waals surface area contributed by atoms with Crippen LogP contribution >= 0.6 is 11.6 Å². The maximum atomic E-state index is 12.3. The van der Waals surface area contributed by atoms with Crippen LogP contribution in [0.1, 0.15) is 0 Å². The Bertz CT molecular complexity index is 519. The summed E-state index contributed by atoms with van der Waals surface area (Å²) in [6.45, 7) is -1.12. The second kappa shape index (κ2) is 4.41. The van der Waals surface area contributed by atoms with E-state index < -0.39 is 12.7 Å². The highest BCUT2D eigenvalue weighted by Gasteiger charge is 2.29.